The SMILES string of the molecule is CN=C(NCc1ccc([N+](=O)[O-])cc1)N(C)CC(=O)NC(C)(C)C.I. The summed E-state index contributed by atoms with van der Waals surface area (Å²) in [6.07, 6.45) is 0. The number of guanidine groups is 1. The lowest BCUT2D eigenvalue weighted by atomic mass is 10.1. The van der Waals surface area contributed by atoms with Gasteiger partial charge in [0.1, 0.15) is 0 Å². The van der Waals surface area contributed by atoms with Gasteiger partial charge in [0.15, 0.2) is 5.96 Å². The summed E-state index contributed by atoms with van der Waals surface area (Å²) < 4.78 is 0. The third-order valence-electron chi connectivity index (χ3n) is 3.07. The van der Waals surface area contributed by atoms with Crippen molar-refractivity contribution in [1.82, 2.24) is 15.5 Å². The van der Waals surface area contributed by atoms with Gasteiger partial charge in [0.05, 0.1) is 11.5 Å². The summed E-state index contributed by atoms with van der Waals surface area (Å²) in [7, 11) is 3.41. The molecule has 0 heterocycles. The molecule has 0 fully saturated rings. The number of nitro groups is 1. The molecule has 0 saturated heterocycles. The highest BCUT2D eigenvalue weighted by Gasteiger charge is 2.16. The lowest BCUT2D eigenvalue weighted by Crippen LogP contribution is -2.48. The first-order chi connectivity index (χ1) is 11.1. The van der Waals surface area contributed by atoms with Gasteiger partial charge in [-0.2, -0.15) is 0 Å². The number of aliphatic imine (C=N–C) groups is 1. The van der Waals surface area contributed by atoms with Gasteiger partial charge in [-0.05, 0) is 26.3 Å². The Morgan fingerprint density at radius 2 is 1.84 bits per heavy atom. The van der Waals surface area contributed by atoms with Gasteiger partial charge >= 0.3 is 0 Å². The third-order valence-corrected chi connectivity index (χ3v) is 3.07. The number of carbonyl (C=O) groups excluding carboxylic acids is 1. The Bertz CT molecular complexity index is 611. The van der Waals surface area contributed by atoms with Crippen molar-refractivity contribution in [2.24, 2.45) is 4.99 Å². The molecule has 0 aliphatic carbocycles. The van der Waals surface area contributed by atoms with Crippen LogP contribution in [0.3, 0.4) is 0 Å². The van der Waals surface area contributed by atoms with Gasteiger partial charge in [-0.3, -0.25) is 19.9 Å². The number of nitrogens with one attached hydrogen (secondary N) is 2. The van der Waals surface area contributed by atoms with Crippen LogP contribution in [0.25, 0.3) is 0 Å². The summed E-state index contributed by atoms with van der Waals surface area (Å²) in [5, 5.41) is 16.7. The number of non-ortho nitro benzene ring substituents is 1. The molecule has 1 amide bonds. The lowest BCUT2D eigenvalue weighted by Gasteiger charge is -2.25. The Kier molecular flexibility index (Phi) is 9.39. The summed E-state index contributed by atoms with van der Waals surface area (Å²) in [6, 6.07) is 6.29. The second kappa shape index (κ2) is 10.2. The van der Waals surface area contributed by atoms with E-state index in [2.05, 4.69) is 15.6 Å². The molecule has 1 aromatic carbocycles. The van der Waals surface area contributed by atoms with Gasteiger partial charge in [0.25, 0.3) is 5.69 Å². The van der Waals surface area contributed by atoms with Crippen molar-refractivity contribution in [2.75, 3.05) is 20.6 Å². The molecular formula is C16H26IN5O3. The monoisotopic (exact) mass is 463 g/mol. The van der Waals surface area contributed by atoms with Crippen LogP contribution < -0.4 is 10.6 Å². The van der Waals surface area contributed by atoms with Gasteiger partial charge in [0.2, 0.25) is 5.91 Å². The number of nitrogens with zero attached hydrogens (tertiary/aromatic N) is 3. The Labute approximate surface area is 165 Å². The number of amides is 1. The fraction of sp³-hybridized carbons (Fsp3) is 0.500. The second-order valence-electron chi connectivity index (χ2n) is 6.48. The maximum absolute atomic E-state index is 12.0. The molecule has 140 valence electrons. The fourth-order valence-electron chi connectivity index (χ4n) is 2.05. The highest BCUT2D eigenvalue weighted by molar-refractivity contribution is 14.0. The zero-order valence-corrected chi connectivity index (χ0v) is 17.5. The minimum Gasteiger partial charge on any atom is -0.352 e. The second-order valence-corrected chi connectivity index (χ2v) is 6.48. The average Bonchev–Trinajstić information content (AvgIpc) is 2.46. The summed E-state index contributed by atoms with van der Waals surface area (Å²) >= 11 is 0. The van der Waals surface area contributed by atoms with Gasteiger partial charge in [-0.15, -0.1) is 24.0 Å². The van der Waals surface area contributed by atoms with Crippen molar-refractivity contribution in [3.8, 4) is 0 Å². The highest BCUT2D eigenvalue weighted by Crippen LogP contribution is 2.11. The zero-order valence-electron chi connectivity index (χ0n) is 15.2. The number of benzene rings is 1. The smallest absolute Gasteiger partial charge is 0.269 e. The predicted molar refractivity (Wildman–Crippen MR) is 109 cm³/mol. The molecule has 8 nitrogen and oxygen atoms in total. The van der Waals surface area contributed by atoms with E-state index in [0.29, 0.717) is 12.5 Å². The predicted octanol–water partition coefficient (Wildman–Crippen LogP) is 2.13. The number of carbonyl (C=O) groups is 1. The van der Waals surface area contributed by atoms with Crippen LogP contribution >= 0.6 is 24.0 Å². The van der Waals surface area contributed by atoms with E-state index in [4.69, 9.17) is 0 Å². The quantitative estimate of drug-likeness (QED) is 0.229. The van der Waals surface area contributed by atoms with E-state index in [1.807, 2.05) is 20.8 Å². The number of hydrogen-bond donors (Lipinski definition) is 2. The summed E-state index contributed by atoms with van der Waals surface area (Å²) in [5.74, 6) is 0.473. The van der Waals surface area contributed by atoms with E-state index in [1.165, 1.54) is 12.1 Å². The Morgan fingerprint density at radius 3 is 2.28 bits per heavy atom. The molecule has 0 radical (unpaired) electrons. The van der Waals surface area contributed by atoms with Crippen LogP contribution in [0.5, 0.6) is 0 Å². The van der Waals surface area contributed by atoms with E-state index in [0.717, 1.165) is 5.56 Å². The van der Waals surface area contributed by atoms with Crippen LogP contribution in [0.4, 0.5) is 5.69 Å². The topological polar surface area (TPSA) is 99.9 Å². The normalized spacial score (nSPS) is 11.3. The first-order valence-corrected chi connectivity index (χ1v) is 7.58. The molecule has 1 rings (SSSR count). The van der Waals surface area contributed by atoms with Gasteiger partial charge in [0, 0.05) is 38.3 Å². The molecule has 25 heavy (non-hydrogen) atoms. The van der Waals surface area contributed by atoms with Crippen molar-refractivity contribution < 1.29 is 9.72 Å². The van der Waals surface area contributed by atoms with Crippen LogP contribution in [0, 0.1) is 10.1 Å². The molecule has 2 N–H and O–H groups in total. The number of hydrogen-bond acceptors (Lipinski definition) is 4. The van der Waals surface area contributed by atoms with Gasteiger partial charge < -0.3 is 15.5 Å². The van der Waals surface area contributed by atoms with E-state index >= 15 is 0 Å². The van der Waals surface area contributed by atoms with Crippen molar-refractivity contribution in [3.63, 3.8) is 0 Å². The number of halogens is 1. The van der Waals surface area contributed by atoms with Crippen molar-refractivity contribution in [2.45, 2.75) is 32.9 Å². The molecule has 1 aromatic rings. The number of rotatable bonds is 5. The molecule has 0 aliphatic heterocycles. The first kappa shape index (κ1) is 23.1. The van der Waals surface area contributed by atoms with Crippen molar-refractivity contribution >= 4 is 41.5 Å². The van der Waals surface area contributed by atoms with E-state index < -0.39 is 4.92 Å². The molecule has 0 spiro atoms. The minimum absolute atomic E-state index is 0. The molecule has 0 bridgehead atoms. The molecule has 0 unspecified atom stereocenters. The maximum atomic E-state index is 12.0. The highest BCUT2D eigenvalue weighted by atomic mass is 127. The Balaban J connectivity index is 0.00000576. The Hall–Kier alpha value is -1.91. The van der Waals surface area contributed by atoms with E-state index in [-0.39, 0.29) is 47.7 Å². The van der Waals surface area contributed by atoms with Crippen LogP contribution in [0.15, 0.2) is 29.3 Å². The van der Waals surface area contributed by atoms with Crippen LogP contribution in [0.1, 0.15) is 26.3 Å². The zero-order chi connectivity index (χ0) is 18.3. The van der Waals surface area contributed by atoms with E-state index in [1.54, 1.807) is 31.1 Å². The van der Waals surface area contributed by atoms with Crippen molar-refractivity contribution in [3.05, 3.63) is 39.9 Å². The summed E-state index contributed by atoms with van der Waals surface area (Å²) in [6.45, 7) is 6.40. The molecule has 0 atom stereocenters. The molecular weight excluding hydrogens is 437 g/mol. The number of likely N-dealkylation sites (N-methyl/N-ethyl adjacent to an activating group) is 1. The summed E-state index contributed by atoms with van der Waals surface area (Å²) in [4.78, 5) is 28.0. The maximum Gasteiger partial charge on any atom is 0.269 e. The first-order valence-electron chi connectivity index (χ1n) is 7.58. The van der Waals surface area contributed by atoms with Crippen LogP contribution in [-0.2, 0) is 11.3 Å². The minimum atomic E-state index is -0.433. The van der Waals surface area contributed by atoms with Crippen LogP contribution in [-0.4, -0.2) is 47.9 Å². The van der Waals surface area contributed by atoms with Gasteiger partial charge in [-0.25, -0.2) is 0 Å². The fourth-order valence-corrected chi connectivity index (χ4v) is 2.05. The average molecular weight is 463 g/mol. The third kappa shape index (κ3) is 8.66. The lowest BCUT2D eigenvalue weighted by molar-refractivity contribution is -0.384. The van der Waals surface area contributed by atoms with Crippen LogP contribution in [0.2, 0.25) is 0 Å². The largest absolute Gasteiger partial charge is 0.352 e. The molecule has 0 aromatic heterocycles. The molecule has 9 heteroatoms. The Morgan fingerprint density at radius 1 is 1.28 bits per heavy atom. The van der Waals surface area contributed by atoms with E-state index in [9.17, 15) is 14.9 Å². The molecule has 0 aliphatic rings. The van der Waals surface area contributed by atoms with Gasteiger partial charge in [-0.1, -0.05) is 12.1 Å². The molecule has 0 saturated carbocycles. The number of nitro benzene ring substituents is 1. The summed E-state index contributed by atoms with van der Waals surface area (Å²) in [5.41, 5.74) is 0.654. The van der Waals surface area contributed by atoms with Crippen molar-refractivity contribution in [1.29, 1.82) is 0 Å². The standard InChI is InChI=1S/C16H25N5O3.HI/c1-16(2,3)19-14(22)11-20(5)15(17-4)18-10-12-6-8-13(9-7-12)21(23)24;/h6-9H,10-11H2,1-5H3,(H,17,18)(H,19,22);1H.